The monoisotopic (exact) mass is 157 g/mol. The first-order valence-electron chi connectivity index (χ1n) is 3.16. The molecule has 0 heterocycles. The molecule has 0 unspecified atom stereocenters. The molecule has 11 heavy (non-hydrogen) atoms. The van der Waals surface area contributed by atoms with Crippen LogP contribution in [0, 0.1) is 5.41 Å². The molecule has 0 spiro atoms. The highest BCUT2D eigenvalue weighted by atomic mass is 16.5. The van der Waals surface area contributed by atoms with Crippen molar-refractivity contribution in [1.82, 2.24) is 0 Å². The third-order valence-electron chi connectivity index (χ3n) is 1.18. The van der Waals surface area contributed by atoms with Gasteiger partial charge in [0.2, 0.25) is 0 Å². The Kier molecular flexibility index (Phi) is 4.33. The maximum atomic E-state index is 10.6. The van der Waals surface area contributed by atoms with Gasteiger partial charge < -0.3 is 15.6 Å². The normalized spacial score (nSPS) is 9.73. The van der Waals surface area contributed by atoms with Crippen LogP contribution in [-0.2, 0) is 4.79 Å². The number of nitrogens with one attached hydrogen (secondary N) is 1. The van der Waals surface area contributed by atoms with E-state index >= 15 is 0 Å². The van der Waals surface area contributed by atoms with Gasteiger partial charge in [0.05, 0.1) is 5.71 Å². The van der Waals surface area contributed by atoms with Crippen LogP contribution in [0.25, 0.3) is 0 Å². The number of rotatable bonds is 5. The molecular weight excluding hydrogens is 146 g/mol. The Morgan fingerprint density at radius 2 is 2.09 bits per heavy atom. The molecule has 0 amide bonds. The number of ketones is 1. The third kappa shape index (κ3) is 4.41. The molecule has 4 heteroatoms. The Bertz CT molecular complexity index is 175. The molecule has 0 bridgehead atoms. The molecule has 0 aliphatic heterocycles. The zero-order chi connectivity index (χ0) is 8.85. The lowest BCUT2D eigenvalue weighted by Crippen LogP contribution is -2.18. The molecule has 0 aliphatic rings. The van der Waals surface area contributed by atoms with Crippen molar-refractivity contribution in [3.63, 3.8) is 0 Å². The maximum Gasteiger partial charge on any atom is 0.191 e. The van der Waals surface area contributed by atoms with Crippen molar-refractivity contribution in [2.75, 3.05) is 0 Å². The van der Waals surface area contributed by atoms with Crippen LogP contribution in [0.2, 0.25) is 0 Å². The Morgan fingerprint density at radius 3 is 2.45 bits per heavy atom. The van der Waals surface area contributed by atoms with Crippen LogP contribution in [0.5, 0.6) is 0 Å². The van der Waals surface area contributed by atoms with E-state index in [1.54, 1.807) is 0 Å². The summed E-state index contributed by atoms with van der Waals surface area (Å²) in [7, 11) is 0. The van der Waals surface area contributed by atoms with Crippen molar-refractivity contribution < 1.29 is 15.0 Å². The zero-order valence-electron chi connectivity index (χ0n) is 6.08. The summed E-state index contributed by atoms with van der Waals surface area (Å²) in [6.45, 7) is 3.24. The van der Waals surface area contributed by atoms with Crippen molar-refractivity contribution in [3.05, 3.63) is 12.7 Å². The Balaban J connectivity index is 3.62. The Morgan fingerprint density at radius 1 is 1.55 bits per heavy atom. The van der Waals surface area contributed by atoms with Gasteiger partial charge in [-0.25, -0.2) is 0 Å². The van der Waals surface area contributed by atoms with Gasteiger partial charge in [0.25, 0.3) is 0 Å². The largest absolute Gasteiger partial charge is 0.363 e. The van der Waals surface area contributed by atoms with Gasteiger partial charge in [-0.3, -0.25) is 4.79 Å². The van der Waals surface area contributed by atoms with E-state index in [0.717, 1.165) is 6.08 Å². The molecule has 62 valence electrons. The lowest BCUT2D eigenvalue weighted by Gasteiger charge is -2.02. The summed E-state index contributed by atoms with van der Waals surface area (Å²) in [4.78, 5) is 10.6. The average Bonchev–Trinajstić information content (AvgIpc) is 1.99. The number of carbonyl (C=O) groups excluding carboxylic acids is 1. The predicted molar refractivity (Wildman–Crippen MR) is 40.4 cm³/mol. The van der Waals surface area contributed by atoms with E-state index in [-0.39, 0.29) is 24.3 Å². The Labute approximate surface area is 64.7 Å². The molecule has 0 fully saturated rings. The number of hydrogen-bond acceptors (Lipinski definition) is 4. The highest BCUT2D eigenvalue weighted by Gasteiger charge is 2.06. The van der Waals surface area contributed by atoms with E-state index in [1.165, 1.54) is 0 Å². The van der Waals surface area contributed by atoms with Crippen LogP contribution in [0.1, 0.15) is 12.8 Å². The second kappa shape index (κ2) is 4.76. The predicted octanol–water partition coefficient (Wildman–Crippen LogP) is -0.148. The first-order chi connectivity index (χ1) is 5.07. The summed E-state index contributed by atoms with van der Waals surface area (Å²) >= 11 is 0. The molecule has 3 N–H and O–H groups in total. The van der Waals surface area contributed by atoms with Gasteiger partial charge in [-0.05, 0) is 12.5 Å². The molecule has 4 nitrogen and oxygen atoms in total. The number of hydrogen-bond donors (Lipinski definition) is 3. The SMILES string of the molecule is C=CC(=O)CCC(=N)C(O)O. The van der Waals surface area contributed by atoms with E-state index < -0.39 is 6.29 Å². The number of allylic oxidation sites excluding steroid dienone is 1. The van der Waals surface area contributed by atoms with E-state index in [9.17, 15) is 4.79 Å². The topological polar surface area (TPSA) is 81.4 Å². The lowest BCUT2D eigenvalue weighted by molar-refractivity contribution is -0.114. The molecule has 0 aromatic rings. The first kappa shape index (κ1) is 10.0. The van der Waals surface area contributed by atoms with Gasteiger partial charge >= 0.3 is 0 Å². The van der Waals surface area contributed by atoms with Gasteiger partial charge in [0, 0.05) is 6.42 Å². The summed E-state index contributed by atoms with van der Waals surface area (Å²) in [6, 6.07) is 0. The van der Waals surface area contributed by atoms with Gasteiger partial charge in [-0.15, -0.1) is 0 Å². The fourth-order valence-electron chi connectivity index (χ4n) is 0.489. The van der Waals surface area contributed by atoms with Gasteiger partial charge in [-0.1, -0.05) is 6.58 Å². The number of aliphatic hydroxyl groups excluding tert-OH is 1. The smallest absolute Gasteiger partial charge is 0.191 e. The van der Waals surface area contributed by atoms with Gasteiger partial charge in [0.15, 0.2) is 12.1 Å². The van der Waals surface area contributed by atoms with Crippen LogP contribution in [-0.4, -0.2) is 28.0 Å². The molecule has 0 aliphatic carbocycles. The standard InChI is InChI=1S/C7H11NO3/c1-2-5(9)3-4-6(8)7(10)11/h2,7-8,10-11H,1,3-4H2. The molecule has 0 saturated carbocycles. The summed E-state index contributed by atoms with van der Waals surface area (Å²) in [5, 5.41) is 23.7. The third-order valence-corrected chi connectivity index (χ3v) is 1.18. The minimum Gasteiger partial charge on any atom is -0.363 e. The minimum atomic E-state index is -1.74. The van der Waals surface area contributed by atoms with Crippen LogP contribution < -0.4 is 0 Å². The van der Waals surface area contributed by atoms with Crippen LogP contribution in [0.15, 0.2) is 12.7 Å². The van der Waals surface area contributed by atoms with Gasteiger partial charge in [0.1, 0.15) is 0 Å². The Hall–Kier alpha value is -1.00. The van der Waals surface area contributed by atoms with Gasteiger partial charge in [-0.2, -0.15) is 0 Å². The van der Waals surface area contributed by atoms with Crippen molar-refractivity contribution in [2.45, 2.75) is 19.1 Å². The molecule has 0 rings (SSSR count). The van der Waals surface area contributed by atoms with Crippen molar-refractivity contribution >= 4 is 11.5 Å². The summed E-state index contributed by atoms with van der Waals surface area (Å²) < 4.78 is 0. The molecule has 0 aromatic carbocycles. The van der Waals surface area contributed by atoms with Crippen LogP contribution >= 0.6 is 0 Å². The molecule has 0 aromatic heterocycles. The maximum absolute atomic E-state index is 10.6. The van der Waals surface area contributed by atoms with Crippen LogP contribution in [0.3, 0.4) is 0 Å². The van der Waals surface area contributed by atoms with Crippen molar-refractivity contribution in [3.8, 4) is 0 Å². The van der Waals surface area contributed by atoms with Crippen molar-refractivity contribution in [2.24, 2.45) is 0 Å². The molecule has 0 atom stereocenters. The molecule has 0 saturated heterocycles. The fraction of sp³-hybridized carbons (Fsp3) is 0.429. The quantitative estimate of drug-likeness (QED) is 0.295. The fourth-order valence-corrected chi connectivity index (χ4v) is 0.489. The zero-order valence-corrected chi connectivity index (χ0v) is 6.08. The second-order valence-corrected chi connectivity index (χ2v) is 2.07. The summed E-state index contributed by atoms with van der Waals surface area (Å²) in [5.74, 6) is -0.199. The van der Waals surface area contributed by atoms with Crippen molar-refractivity contribution in [1.29, 1.82) is 5.41 Å². The van der Waals surface area contributed by atoms with E-state index in [4.69, 9.17) is 15.6 Å². The summed E-state index contributed by atoms with van der Waals surface area (Å²) in [6.07, 6.45) is -0.410. The minimum absolute atomic E-state index is 0.0719. The van der Waals surface area contributed by atoms with E-state index in [1.807, 2.05) is 0 Å². The van der Waals surface area contributed by atoms with Crippen LogP contribution in [0.4, 0.5) is 0 Å². The van der Waals surface area contributed by atoms with E-state index in [2.05, 4.69) is 6.58 Å². The summed E-state index contributed by atoms with van der Waals surface area (Å²) in [5.41, 5.74) is -0.250. The number of carbonyl (C=O) groups is 1. The molecular formula is C7H11NO3. The highest BCUT2D eigenvalue weighted by molar-refractivity contribution is 5.93. The van der Waals surface area contributed by atoms with E-state index in [0.29, 0.717) is 0 Å². The highest BCUT2D eigenvalue weighted by Crippen LogP contribution is 1.96. The molecule has 0 radical (unpaired) electrons. The second-order valence-electron chi connectivity index (χ2n) is 2.07. The average molecular weight is 157 g/mol. The lowest BCUT2D eigenvalue weighted by atomic mass is 10.1. The first-order valence-corrected chi connectivity index (χ1v) is 3.16. The number of aliphatic hydroxyl groups is 2.